The highest BCUT2D eigenvalue weighted by Crippen LogP contribution is 2.35. The van der Waals surface area contributed by atoms with Gasteiger partial charge in [-0.2, -0.15) is 5.26 Å². The summed E-state index contributed by atoms with van der Waals surface area (Å²) < 4.78 is 8.22. The number of aromatic nitrogens is 4. The van der Waals surface area contributed by atoms with Crippen molar-refractivity contribution in [1.82, 2.24) is 24.3 Å². The number of ether oxygens (including phenoxy) is 1. The van der Waals surface area contributed by atoms with Crippen LogP contribution in [0.3, 0.4) is 0 Å². The first-order chi connectivity index (χ1) is 17.9. The third kappa shape index (κ3) is 4.94. The summed E-state index contributed by atoms with van der Waals surface area (Å²) in [6.45, 7) is 2.65. The summed E-state index contributed by atoms with van der Waals surface area (Å²) in [4.78, 5) is 28.4. The lowest BCUT2D eigenvalue weighted by atomic mass is 10.00. The molecule has 0 bridgehead atoms. The minimum Gasteiger partial charge on any atom is -0.476 e. The molecular weight excluding hydrogens is 470 g/mol. The van der Waals surface area contributed by atoms with Gasteiger partial charge < -0.3 is 14.7 Å². The van der Waals surface area contributed by atoms with Gasteiger partial charge in [0.2, 0.25) is 5.88 Å². The fraction of sp³-hybridized carbons (Fsp3) is 0.296. The number of imidazole rings is 1. The van der Waals surface area contributed by atoms with Crippen molar-refractivity contribution in [2.45, 2.75) is 12.8 Å². The Bertz CT molecular complexity index is 1460. The Hall–Kier alpha value is -4.49. The van der Waals surface area contributed by atoms with Gasteiger partial charge in [0.1, 0.15) is 11.3 Å². The molecule has 1 aromatic carbocycles. The van der Waals surface area contributed by atoms with Gasteiger partial charge in [-0.05, 0) is 50.7 Å². The van der Waals surface area contributed by atoms with Crippen LogP contribution in [0, 0.1) is 17.2 Å². The van der Waals surface area contributed by atoms with Gasteiger partial charge in [0, 0.05) is 36.8 Å². The number of amides is 1. The van der Waals surface area contributed by atoms with Crippen LogP contribution in [0.2, 0.25) is 0 Å². The molecule has 1 aliphatic rings. The number of piperidine rings is 1. The summed E-state index contributed by atoms with van der Waals surface area (Å²) in [7, 11) is 3.57. The van der Waals surface area contributed by atoms with Crippen molar-refractivity contribution in [3.63, 3.8) is 0 Å². The monoisotopic (exact) mass is 497 g/mol. The van der Waals surface area contributed by atoms with Gasteiger partial charge in [0.05, 0.1) is 42.2 Å². The van der Waals surface area contributed by atoms with Crippen molar-refractivity contribution in [2.24, 2.45) is 5.92 Å². The number of nitrogens with zero attached hydrogens (tertiary/aromatic N) is 7. The van der Waals surface area contributed by atoms with Gasteiger partial charge in [0.15, 0.2) is 0 Å². The summed E-state index contributed by atoms with van der Waals surface area (Å²) in [5.74, 6) is 1.22. The first-order valence-electron chi connectivity index (χ1n) is 12.1. The second kappa shape index (κ2) is 10.2. The zero-order chi connectivity index (χ0) is 25.9. The van der Waals surface area contributed by atoms with Crippen molar-refractivity contribution in [2.75, 3.05) is 38.7 Å². The van der Waals surface area contributed by atoms with Crippen LogP contribution in [0.4, 0.5) is 10.6 Å². The zero-order valence-electron chi connectivity index (χ0n) is 20.7. The highest BCUT2D eigenvalue weighted by Gasteiger charge is 2.22. The molecule has 10 heteroatoms. The van der Waals surface area contributed by atoms with Gasteiger partial charge in [-0.25, -0.2) is 19.7 Å². The summed E-state index contributed by atoms with van der Waals surface area (Å²) in [5, 5.41) is 18.5. The summed E-state index contributed by atoms with van der Waals surface area (Å²) in [6.07, 6.45) is 6.22. The Morgan fingerprint density at radius 1 is 1.22 bits per heavy atom. The van der Waals surface area contributed by atoms with E-state index < -0.39 is 6.09 Å². The standard InChI is InChI=1S/C27H27N7O3/c1-32-11-3-4-19(15-32)16-37-26-22-14-29-17-34(22)25(21-9-10-23(30-13-21)33(2)27(35)36)24(31-26)20-7-5-18(12-28)6-8-20/h5-10,13-14,17,19H,3-4,11,15-16H2,1-2H3,(H,35,36)/t19-/m1/s1. The maximum Gasteiger partial charge on any atom is 0.412 e. The Kier molecular flexibility index (Phi) is 6.70. The molecule has 0 spiro atoms. The number of hydrogen-bond donors (Lipinski definition) is 1. The molecule has 1 aliphatic heterocycles. The van der Waals surface area contributed by atoms with E-state index in [1.165, 1.54) is 7.05 Å². The Morgan fingerprint density at radius 2 is 2.00 bits per heavy atom. The molecule has 0 aliphatic carbocycles. The molecule has 0 saturated carbocycles. The molecule has 188 valence electrons. The predicted molar refractivity (Wildman–Crippen MR) is 139 cm³/mol. The van der Waals surface area contributed by atoms with Gasteiger partial charge >= 0.3 is 6.09 Å². The number of fused-ring (bicyclic) bond motifs is 1. The number of likely N-dealkylation sites (tertiary alicyclic amines) is 1. The van der Waals surface area contributed by atoms with Crippen molar-refractivity contribution >= 4 is 17.4 Å². The molecule has 4 heterocycles. The second-order valence-corrected chi connectivity index (χ2v) is 9.28. The summed E-state index contributed by atoms with van der Waals surface area (Å²) in [6, 6.07) is 12.8. The lowest BCUT2D eigenvalue weighted by Gasteiger charge is -2.29. The van der Waals surface area contributed by atoms with Gasteiger partial charge in [-0.3, -0.25) is 9.30 Å². The first-order valence-corrected chi connectivity index (χ1v) is 12.1. The number of carboxylic acid groups (broad SMARTS) is 1. The van der Waals surface area contributed by atoms with E-state index in [9.17, 15) is 15.2 Å². The van der Waals surface area contributed by atoms with Crippen molar-refractivity contribution in [3.05, 3.63) is 60.7 Å². The Morgan fingerprint density at radius 3 is 2.68 bits per heavy atom. The fourth-order valence-corrected chi connectivity index (χ4v) is 4.67. The molecule has 4 aromatic rings. The highest BCUT2D eigenvalue weighted by atomic mass is 16.5. The van der Waals surface area contributed by atoms with E-state index in [0.29, 0.717) is 35.5 Å². The lowest BCUT2D eigenvalue weighted by molar-refractivity contribution is 0.148. The number of hydrogen-bond acceptors (Lipinski definition) is 7. The molecule has 37 heavy (non-hydrogen) atoms. The second-order valence-electron chi connectivity index (χ2n) is 9.28. The van der Waals surface area contributed by atoms with Crippen LogP contribution in [0.1, 0.15) is 18.4 Å². The first kappa shape index (κ1) is 24.2. The van der Waals surface area contributed by atoms with E-state index in [0.717, 1.165) is 53.2 Å². The molecule has 1 fully saturated rings. The van der Waals surface area contributed by atoms with E-state index >= 15 is 0 Å². The van der Waals surface area contributed by atoms with Crippen molar-refractivity contribution in [1.29, 1.82) is 5.26 Å². The van der Waals surface area contributed by atoms with E-state index in [4.69, 9.17) is 9.72 Å². The van der Waals surface area contributed by atoms with Gasteiger partial charge in [-0.15, -0.1) is 0 Å². The maximum atomic E-state index is 11.3. The van der Waals surface area contributed by atoms with Crippen molar-refractivity contribution in [3.8, 4) is 34.5 Å². The minimum absolute atomic E-state index is 0.309. The molecule has 1 atom stereocenters. The van der Waals surface area contributed by atoms with Crippen LogP contribution in [0.15, 0.2) is 55.1 Å². The predicted octanol–water partition coefficient (Wildman–Crippen LogP) is 4.16. The lowest BCUT2D eigenvalue weighted by Crippen LogP contribution is -2.34. The summed E-state index contributed by atoms with van der Waals surface area (Å²) in [5.41, 5.74) is 4.19. The van der Waals surface area contributed by atoms with Crippen LogP contribution in [-0.2, 0) is 0 Å². The third-order valence-electron chi connectivity index (χ3n) is 6.65. The number of pyridine rings is 1. The number of anilines is 1. The largest absolute Gasteiger partial charge is 0.476 e. The van der Waals surface area contributed by atoms with E-state index in [1.807, 2.05) is 22.6 Å². The molecular formula is C27H27N7O3. The number of rotatable bonds is 6. The zero-order valence-corrected chi connectivity index (χ0v) is 20.7. The normalized spacial score (nSPS) is 15.9. The highest BCUT2D eigenvalue weighted by molar-refractivity contribution is 5.85. The van der Waals surface area contributed by atoms with Crippen LogP contribution >= 0.6 is 0 Å². The van der Waals surface area contributed by atoms with Crippen molar-refractivity contribution < 1.29 is 14.6 Å². The van der Waals surface area contributed by atoms with E-state index in [2.05, 4.69) is 28.0 Å². The fourth-order valence-electron chi connectivity index (χ4n) is 4.67. The quantitative estimate of drug-likeness (QED) is 0.422. The molecule has 0 unspecified atom stereocenters. The average Bonchev–Trinajstić information content (AvgIpc) is 3.41. The molecule has 0 radical (unpaired) electrons. The third-order valence-corrected chi connectivity index (χ3v) is 6.65. The minimum atomic E-state index is -1.09. The van der Waals surface area contributed by atoms with E-state index in [1.54, 1.807) is 36.9 Å². The molecule has 1 N–H and O–H groups in total. The maximum absolute atomic E-state index is 11.3. The topological polar surface area (TPSA) is 120 Å². The number of carbonyl (C=O) groups is 1. The molecule has 3 aromatic heterocycles. The average molecular weight is 498 g/mol. The SMILES string of the molecule is CN1CCC[C@@H](COc2nc(-c3ccc(C#N)cc3)c(-c3ccc(N(C)C(=O)O)nc3)n3cncc23)C1. The number of nitriles is 1. The van der Waals surface area contributed by atoms with Crippen LogP contribution < -0.4 is 9.64 Å². The molecule has 5 rings (SSSR count). The van der Waals surface area contributed by atoms with E-state index in [-0.39, 0.29) is 0 Å². The molecule has 1 amide bonds. The van der Waals surface area contributed by atoms with Crippen LogP contribution in [0.25, 0.3) is 28.0 Å². The molecule has 10 nitrogen and oxygen atoms in total. The smallest absolute Gasteiger partial charge is 0.412 e. The van der Waals surface area contributed by atoms with Crippen LogP contribution in [-0.4, -0.2) is 69.2 Å². The van der Waals surface area contributed by atoms with Gasteiger partial charge in [0.25, 0.3) is 0 Å². The number of benzene rings is 1. The molecule has 1 saturated heterocycles. The Labute approximate surface area is 214 Å². The summed E-state index contributed by atoms with van der Waals surface area (Å²) >= 11 is 0. The Balaban J connectivity index is 1.60. The van der Waals surface area contributed by atoms with Crippen LogP contribution in [0.5, 0.6) is 5.88 Å². The van der Waals surface area contributed by atoms with Gasteiger partial charge in [-0.1, -0.05) is 12.1 Å².